The number of piperazine rings is 1. The molecule has 6 heteroatoms. The first-order valence-corrected chi connectivity index (χ1v) is 7.33. The highest BCUT2D eigenvalue weighted by Gasteiger charge is 2.23. The zero-order valence-corrected chi connectivity index (χ0v) is 12.6. The molecule has 1 aromatic carbocycles. The van der Waals surface area contributed by atoms with Gasteiger partial charge in [-0.1, -0.05) is 6.07 Å². The lowest BCUT2D eigenvalue weighted by Crippen LogP contribution is -2.49. The molecule has 22 heavy (non-hydrogen) atoms. The summed E-state index contributed by atoms with van der Waals surface area (Å²) in [5.74, 6) is 0.901. The van der Waals surface area contributed by atoms with E-state index in [0.29, 0.717) is 24.3 Å². The molecule has 6 nitrogen and oxygen atoms in total. The molecule has 1 aromatic heterocycles. The summed E-state index contributed by atoms with van der Waals surface area (Å²) in [7, 11) is 0. The van der Waals surface area contributed by atoms with Gasteiger partial charge in [-0.15, -0.1) is 5.10 Å². The van der Waals surface area contributed by atoms with Crippen molar-refractivity contribution in [1.29, 1.82) is 0 Å². The van der Waals surface area contributed by atoms with Crippen LogP contribution in [0.1, 0.15) is 15.9 Å². The number of hydrogen-bond donors (Lipinski definition) is 1. The van der Waals surface area contributed by atoms with Gasteiger partial charge in [-0.05, 0) is 36.8 Å². The van der Waals surface area contributed by atoms with Crippen LogP contribution in [0.5, 0.6) is 0 Å². The van der Waals surface area contributed by atoms with Gasteiger partial charge in [-0.3, -0.25) is 4.79 Å². The summed E-state index contributed by atoms with van der Waals surface area (Å²) in [4.78, 5) is 16.7. The second-order valence-corrected chi connectivity index (χ2v) is 5.44. The van der Waals surface area contributed by atoms with Gasteiger partial charge in [-0.2, -0.15) is 5.10 Å². The second kappa shape index (κ2) is 6.01. The van der Waals surface area contributed by atoms with Crippen LogP contribution in [0.4, 0.5) is 11.5 Å². The molecule has 1 aliphatic heterocycles. The number of carbonyl (C=O) groups is 1. The smallest absolute Gasteiger partial charge is 0.254 e. The minimum absolute atomic E-state index is 0.0450. The molecule has 2 aromatic rings. The molecule has 2 heterocycles. The molecule has 0 unspecified atom stereocenters. The van der Waals surface area contributed by atoms with E-state index in [1.807, 2.05) is 36.1 Å². The number of aromatic nitrogens is 2. The third-order valence-electron chi connectivity index (χ3n) is 3.94. The highest BCUT2D eigenvalue weighted by Crippen LogP contribution is 2.18. The predicted molar refractivity (Wildman–Crippen MR) is 85.7 cm³/mol. The van der Waals surface area contributed by atoms with E-state index in [-0.39, 0.29) is 5.91 Å². The Balaban J connectivity index is 1.68. The van der Waals surface area contributed by atoms with E-state index in [4.69, 9.17) is 5.73 Å². The van der Waals surface area contributed by atoms with Gasteiger partial charge in [0.05, 0.1) is 0 Å². The number of anilines is 2. The van der Waals surface area contributed by atoms with Crippen molar-refractivity contribution < 1.29 is 4.79 Å². The molecule has 0 radical (unpaired) electrons. The molecule has 0 spiro atoms. The monoisotopic (exact) mass is 297 g/mol. The zero-order chi connectivity index (χ0) is 15.5. The molecule has 1 saturated heterocycles. The molecule has 1 fully saturated rings. The fraction of sp³-hybridized carbons (Fsp3) is 0.312. The molecule has 3 rings (SSSR count). The molecule has 2 N–H and O–H groups in total. The molecule has 114 valence electrons. The fourth-order valence-electron chi connectivity index (χ4n) is 2.64. The predicted octanol–water partition coefficient (Wildman–Crippen LogP) is 1.33. The first-order chi connectivity index (χ1) is 10.6. The molecule has 0 aliphatic carbocycles. The Labute approximate surface area is 129 Å². The summed E-state index contributed by atoms with van der Waals surface area (Å²) in [5.41, 5.74) is 8.06. The third-order valence-corrected chi connectivity index (χ3v) is 3.94. The average Bonchev–Trinajstić information content (AvgIpc) is 2.57. The molecular weight excluding hydrogens is 278 g/mol. The molecule has 0 bridgehead atoms. The van der Waals surface area contributed by atoms with Crippen molar-refractivity contribution in [2.24, 2.45) is 0 Å². The second-order valence-electron chi connectivity index (χ2n) is 5.44. The third kappa shape index (κ3) is 2.86. The van der Waals surface area contributed by atoms with Crippen molar-refractivity contribution >= 4 is 17.4 Å². The molecule has 1 aliphatic rings. The minimum Gasteiger partial charge on any atom is -0.399 e. The Kier molecular flexibility index (Phi) is 3.91. The zero-order valence-electron chi connectivity index (χ0n) is 12.6. The quantitative estimate of drug-likeness (QED) is 0.846. The van der Waals surface area contributed by atoms with Crippen LogP contribution in [0.3, 0.4) is 0 Å². The van der Waals surface area contributed by atoms with Crippen molar-refractivity contribution in [2.75, 3.05) is 36.8 Å². The van der Waals surface area contributed by atoms with Gasteiger partial charge in [0.2, 0.25) is 0 Å². The van der Waals surface area contributed by atoms with Crippen LogP contribution in [0.2, 0.25) is 0 Å². The molecular formula is C16H19N5O. The van der Waals surface area contributed by atoms with Gasteiger partial charge < -0.3 is 15.5 Å². The van der Waals surface area contributed by atoms with Gasteiger partial charge >= 0.3 is 0 Å². The highest BCUT2D eigenvalue weighted by atomic mass is 16.2. The Morgan fingerprint density at radius 1 is 1.18 bits per heavy atom. The summed E-state index contributed by atoms with van der Waals surface area (Å²) < 4.78 is 0. The Bertz CT molecular complexity index is 665. The topological polar surface area (TPSA) is 75.4 Å². The molecule has 1 amide bonds. The summed E-state index contributed by atoms with van der Waals surface area (Å²) in [6.45, 7) is 4.79. The number of nitrogens with two attached hydrogens (primary N) is 1. The van der Waals surface area contributed by atoms with Crippen LogP contribution in [-0.2, 0) is 0 Å². The standard InChI is InChI=1S/C16H19N5O/c1-12-4-5-13(17)11-14(12)16(22)21-9-7-20(8-10-21)15-3-2-6-18-19-15/h2-6,11H,7-10,17H2,1H3. The SMILES string of the molecule is Cc1ccc(N)cc1C(=O)N1CCN(c2cccnn2)CC1. The summed E-state index contributed by atoms with van der Waals surface area (Å²) >= 11 is 0. The van der Waals surface area contributed by atoms with E-state index >= 15 is 0 Å². The Hall–Kier alpha value is -2.63. The average molecular weight is 297 g/mol. The molecule has 0 saturated carbocycles. The van der Waals surface area contributed by atoms with Gasteiger partial charge in [0, 0.05) is 43.6 Å². The van der Waals surface area contributed by atoms with Crippen molar-refractivity contribution in [3.63, 3.8) is 0 Å². The van der Waals surface area contributed by atoms with Crippen molar-refractivity contribution in [2.45, 2.75) is 6.92 Å². The van der Waals surface area contributed by atoms with Crippen LogP contribution in [-0.4, -0.2) is 47.2 Å². The Morgan fingerprint density at radius 3 is 2.64 bits per heavy atom. The largest absolute Gasteiger partial charge is 0.399 e. The van der Waals surface area contributed by atoms with Crippen molar-refractivity contribution in [3.8, 4) is 0 Å². The lowest BCUT2D eigenvalue weighted by molar-refractivity contribution is 0.0746. The van der Waals surface area contributed by atoms with Crippen LogP contribution >= 0.6 is 0 Å². The van der Waals surface area contributed by atoms with E-state index in [9.17, 15) is 4.79 Å². The number of carbonyl (C=O) groups excluding carboxylic acids is 1. The van der Waals surface area contributed by atoms with Crippen LogP contribution in [0.25, 0.3) is 0 Å². The lowest BCUT2D eigenvalue weighted by atomic mass is 10.1. The lowest BCUT2D eigenvalue weighted by Gasteiger charge is -2.35. The van der Waals surface area contributed by atoms with E-state index in [2.05, 4.69) is 15.1 Å². The van der Waals surface area contributed by atoms with E-state index < -0.39 is 0 Å². The summed E-state index contributed by atoms with van der Waals surface area (Å²) in [5, 5.41) is 8.01. The minimum atomic E-state index is 0.0450. The summed E-state index contributed by atoms with van der Waals surface area (Å²) in [6.07, 6.45) is 1.66. The van der Waals surface area contributed by atoms with Crippen molar-refractivity contribution in [3.05, 3.63) is 47.7 Å². The summed E-state index contributed by atoms with van der Waals surface area (Å²) in [6, 6.07) is 9.27. The number of rotatable bonds is 2. The number of aryl methyl sites for hydroxylation is 1. The van der Waals surface area contributed by atoms with Crippen LogP contribution in [0, 0.1) is 6.92 Å². The van der Waals surface area contributed by atoms with E-state index in [0.717, 1.165) is 24.5 Å². The maximum Gasteiger partial charge on any atom is 0.254 e. The fourth-order valence-corrected chi connectivity index (χ4v) is 2.64. The number of hydrogen-bond acceptors (Lipinski definition) is 5. The van der Waals surface area contributed by atoms with E-state index in [1.165, 1.54) is 0 Å². The van der Waals surface area contributed by atoms with Gasteiger partial charge in [0.1, 0.15) is 0 Å². The number of nitrogen functional groups attached to an aromatic ring is 1. The van der Waals surface area contributed by atoms with Gasteiger partial charge in [0.15, 0.2) is 5.82 Å². The Morgan fingerprint density at radius 2 is 1.95 bits per heavy atom. The van der Waals surface area contributed by atoms with Crippen LogP contribution < -0.4 is 10.6 Å². The van der Waals surface area contributed by atoms with Gasteiger partial charge in [-0.25, -0.2) is 0 Å². The van der Waals surface area contributed by atoms with Crippen molar-refractivity contribution in [1.82, 2.24) is 15.1 Å². The first-order valence-electron chi connectivity index (χ1n) is 7.33. The maximum absolute atomic E-state index is 12.6. The first kappa shape index (κ1) is 14.3. The highest BCUT2D eigenvalue weighted by molar-refractivity contribution is 5.96. The van der Waals surface area contributed by atoms with Gasteiger partial charge in [0.25, 0.3) is 5.91 Å². The van der Waals surface area contributed by atoms with E-state index in [1.54, 1.807) is 12.3 Å². The number of amides is 1. The normalized spacial score (nSPS) is 15.0. The number of benzene rings is 1. The number of nitrogens with zero attached hydrogens (tertiary/aromatic N) is 4. The van der Waals surface area contributed by atoms with Crippen LogP contribution in [0.15, 0.2) is 36.5 Å². The molecule has 0 atom stereocenters. The maximum atomic E-state index is 12.6.